The van der Waals surface area contributed by atoms with E-state index in [1.54, 1.807) is 0 Å². The summed E-state index contributed by atoms with van der Waals surface area (Å²) in [5, 5.41) is 2.30. The van der Waals surface area contributed by atoms with E-state index in [0.717, 1.165) is 19.6 Å². The summed E-state index contributed by atoms with van der Waals surface area (Å²) in [4.78, 5) is 2.22. The Bertz CT molecular complexity index is 529. The third-order valence-electron chi connectivity index (χ3n) is 3.46. The van der Waals surface area contributed by atoms with E-state index in [0.29, 0.717) is 0 Å². The molecule has 123 valence electrons. The summed E-state index contributed by atoms with van der Waals surface area (Å²) in [6.07, 6.45) is 5.76. The third kappa shape index (κ3) is 5.84. The summed E-state index contributed by atoms with van der Waals surface area (Å²) in [5.41, 5.74) is 4.28. The monoisotopic (exact) mass is 378 g/mol. The summed E-state index contributed by atoms with van der Waals surface area (Å²) in [5.74, 6) is 0. The molecule has 1 aliphatic carbocycles. The van der Waals surface area contributed by atoms with E-state index >= 15 is 0 Å². The third-order valence-corrected chi connectivity index (χ3v) is 6.45. The Morgan fingerprint density at radius 3 is 2.50 bits per heavy atom. The first-order valence-electron chi connectivity index (χ1n) is 7.22. The van der Waals surface area contributed by atoms with Crippen molar-refractivity contribution >= 4 is 34.3 Å². The first-order valence-corrected chi connectivity index (χ1v) is 10.2. The summed E-state index contributed by atoms with van der Waals surface area (Å²) in [6, 6.07) is 8.79. The zero-order chi connectivity index (χ0) is 14.5. The van der Waals surface area contributed by atoms with Gasteiger partial charge in [-0.15, -0.1) is 24.8 Å². The Morgan fingerprint density at radius 2 is 1.86 bits per heavy atom. The van der Waals surface area contributed by atoms with E-state index in [1.165, 1.54) is 20.6 Å². The van der Waals surface area contributed by atoms with Crippen molar-refractivity contribution in [3.05, 3.63) is 47.6 Å². The molecule has 0 heterocycles. The fourth-order valence-corrected chi connectivity index (χ4v) is 5.02. The van der Waals surface area contributed by atoms with E-state index in [4.69, 9.17) is 3.32 Å². The van der Waals surface area contributed by atoms with Crippen LogP contribution in [0, 0.1) is 0 Å². The molecule has 2 rings (SSSR count). The Kier molecular flexibility index (Phi) is 10.6. The number of likely N-dealkylation sites (N-methyl/N-ethyl adjacent to an activating group) is 1. The number of hydrogen-bond donors (Lipinski definition) is 0. The van der Waals surface area contributed by atoms with Crippen molar-refractivity contribution in [1.29, 1.82) is 0 Å². The van der Waals surface area contributed by atoms with Gasteiger partial charge in [-0.2, -0.15) is 0 Å². The van der Waals surface area contributed by atoms with Gasteiger partial charge in [0.25, 0.3) is 0 Å². The Hall–Kier alpha value is -0.0857. The molecule has 0 saturated heterocycles. The fraction of sp³-hybridized carbons (Fsp3) is 0.412. The van der Waals surface area contributed by atoms with Crippen LogP contribution in [0.15, 0.2) is 42.0 Å². The zero-order valence-corrected chi connectivity index (χ0v) is 17.0. The van der Waals surface area contributed by atoms with Crippen LogP contribution >= 0.6 is 24.8 Å². The van der Waals surface area contributed by atoms with Gasteiger partial charge in [0.1, 0.15) is 0 Å². The second-order valence-electron chi connectivity index (χ2n) is 5.43. The van der Waals surface area contributed by atoms with Crippen LogP contribution in [0.3, 0.4) is 0 Å². The van der Waals surface area contributed by atoms with Gasteiger partial charge in [0.15, 0.2) is 0 Å². The molecule has 1 aliphatic rings. The molecule has 0 fully saturated rings. The molecule has 0 amide bonds. The molecule has 2 nitrogen and oxygen atoms in total. The smallest absolute Gasteiger partial charge is 0.147 e. The summed E-state index contributed by atoms with van der Waals surface area (Å²) < 4.78 is 7.39. The van der Waals surface area contributed by atoms with Gasteiger partial charge in [-0.3, -0.25) is 0 Å². The van der Waals surface area contributed by atoms with Crippen LogP contribution < -0.4 is 3.87 Å². The average molecular weight is 379 g/mol. The van der Waals surface area contributed by atoms with Crippen LogP contribution in [0.25, 0.3) is 5.57 Å². The van der Waals surface area contributed by atoms with Crippen LogP contribution in [-0.4, -0.2) is 32.1 Å². The van der Waals surface area contributed by atoms with E-state index in [9.17, 15) is 0 Å². The van der Waals surface area contributed by atoms with Gasteiger partial charge in [-0.05, 0) is 0 Å². The standard InChI is InChI=1S/C14H16N.C2H5O.CH3.2ClH.Ti/c1-15(2)11-12-8-9-14(10-12)13-6-4-3-5-7-13;1-2-3;;;;/h3-6,8,10H,9,11H2,1-2H3;2H2,1H3;1H3;2*1H;/q;-1;;;;+1. The van der Waals surface area contributed by atoms with Crippen molar-refractivity contribution in [3.8, 4) is 0 Å². The number of benzene rings is 1. The SMILES string of the molecule is CC[O][Ti]([CH3])[c]1ccccc1C1=CC(CN(C)C)=CC1.Cl.Cl. The van der Waals surface area contributed by atoms with Gasteiger partial charge in [-0.1, -0.05) is 0 Å². The van der Waals surface area contributed by atoms with E-state index < -0.39 is 18.3 Å². The van der Waals surface area contributed by atoms with Crippen molar-refractivity contribution in [1.82, 2.24) is 4.90 Å². The number of hydrogen-bond acceptors (Lipinski definition) is 2. The van der Waals surface area contributed by atoms with Crippen molar-refractivity contribution in [3.63, 3.8) is 0 Å². The van der Waals surface area contributed by atoms with Gasteiger partial charge in [-0.25, -0.2) is 0 Å². The predicted octanol–water partition coefficient (Wildman–Crippen LogP) is 4.05. The molecular formula is C17H26Cl2NOTi. The maximum atomic E-state index is 5.93. The molecule has 5 heteroatoms. The van der Waals surface area contributed by atoms with Gasteiger partial charge >= 0.3 is 129 Å². The van der Waals surface area contributed by atoms with Gasteiger partial charge in [0.2, 0.25) is 0 Å². The molecule has 0 saturated carbocycles. The molecular weight excluding hydrogens is 353 g/mol. The average Bonchev–Trinajstić information content (AvgIpc) is 2.86. The van der Waals surface area contributed by atoms with Crippen molar-refractivity contribution in [2.45, 2.75) is 18.6 Å². The fourth-order valence-electron chi connectivity index (χ4n) is 2.61. The molecule has 0 unspecified atom stereocenters. The van der Waals surface area contributed by atoms with Gasteiger partial charge in [0, 0.05) is 0 Å². The molecule has 0 spiro atoms. The molecule has 1 aromatic rings. The number of nitrogens with zero attached hydrogens (tertiary/aromatic N) is 1. The zero-order valence-electron chi connectivity index (χ0n) is 13.8. The quantitative estimate of drug-likeness (QED) is 0.692. The summed E-state index contributed by atoms with van der Waals surface area (Å²) in [7, 11) is 4.23. The number of rotatable bonds is 6. The summed E-state index contributed by atoms with van der Waals surface area (Å²) >= 11 is -1.56. The molecule has 0 bridgehead atoms. The van der Waals surface area contributed by atoms with Crippen LogP contribution in [0.4, 0.5) is 0 Å². The summed E-state index contributed by atoms with van der Waals surface area (Å²) in [6.45, 7) is 3.93. The first kappa shape index (κ1) is 21.9. The molecule has 0 aromatic heterocycles. The van der Waals surface area contributed by atoms with Gasteiger partial charge in [0.05, 0.1) is 0 Å². The minimum Gasteiger partial charge on any atom is -0.147 e. The van der Waals surface area contributed by atoms with E-state index in [1.807, 2.05) is 0 Å². The van der Waals surface area contributed by atoms with Crippen molar-refractivity contribution in [2.24, 2.45) is 0 Å². The van der Waals surface area contributed by atoms with Gasteiger partial charge < -0.3 is 0 Å². The first-order chi connectivity index (χ1) is 9.61. The maximum absolute atomic E-state index is 5.93. The molecule has 1 aromatic carbocycles. The molecule has 0 N–H and O–H groups in total. The molecule has 0 atom stereocenters. The van der Waals surface area contributed by atoms with Crippen molar-refractivity contribution < 1.29 is 21.6 Å². The Morgan fingerprint density at radius 1 is 1.18 bits per heavy atom. The largest absolute Gasteiger partial charge is 0.147 e. The maximum Gasteiger partial charge on any atom is -0.147 e. The molecule has 0 radical (unpaired) electrons. The minimum atomic E-state index is -1.56. The number of halogens is 2. The second kappa shape index (κ2) is 10.6. The van der Waals surface area contributed by atoms with Crippen LogP contribution in [0.1, 0.15) is 18.9 Å². The van der Waals surface area contributed by atoms with E-state index in [-0.39, 0.29) is 24.8 Å². The Balaban J connectivity index is 0.00000220. The molecule has 22 heavy (non-hydrogen) atoms. The normalized spacial score (nSPS) is 13.1. The van der Waals surface area contributed by atoms with Crippen LogP contribution in [0.2, 0.25) is 5.23 Å². The number of allylic oxidation sites excluding steroid dienone is 2. The minimum absolute atomic E-state index is 0. The second-order valence-corrected chi connectivity index (χ2v) is 8.45. The van der Waals surface area contributed by atoms with Crippen LogP contribution in [0.5, 0.6) is 0 Å². The van der Waals surface area contributed by atoms with Crippen molar-refractivity contribution in [2.75, 3.05) is 27.2 Å². The van der Waals surface area contributed by atoms with Crippen LogP contribution in [-0.2, 0) is 21.6 Å². The Labute approximate surface area is 153 Å². The predicted molar refractivity (Wildman–Crippen MR) is 97.3 cm³/mol. The topological polar surface area (TPSA) is 12.5 Å². The van der Waals surface area contributed by atoms with E-state index in [2.05, 4.69) is 67.6 Å². The molecule has 0 aliphatic heterocycles.